The van der Waals surface area contributed by atoms with E-state index in [0.29, 0.717) is 12.0 Å². The van der Waals surface area contributed by atoms with Gasteiger partial charge in [-0.05, 0) is 31.8 Å². The second-order valence-electron chi connectivity index (χ2n) is 4.53. The first-order chi connectivity index (χ1) is 6.86. The van der Waals surface area contributed by atoms with Gasteiger partial charge in [-0.3, -0.25) is 0 Å². The quantitative estimate of drug-likeness (QED) is 0.775. The van der Waals surface area contributed by atoms with E-state index in [4.69, 9.17) is 0 Å². The van der Waals surface area contributed by atoms with Crippen molar-refractivity contribution in [3.8, 4) is 0 Å². The minimum atomic E-state index is 0.555. The molecular weight excluding hydrogens is 176 g/mol. The van der Waals surface area contributed by atoms with Crippen molar-refractivity contribution in [2.75, 3.05) is 13.1 Å². The first kappa shape index (κ1) is 8.41. The maximum atomic E-state index is 4.27. The van der Waals surface area contributed by atoms with Gasteiger partial charge in [0, 0.05) is 12.0 Å². The maximum absolute atomic E-state index is 4.27. The summed E-state index contributed by atoms with van der Waals surface area (Å²) in [5, 5.41) is 11.6. The summed E-state index contributed by atoms with van der Waals surface area (Å²) in [6.45, 7) is 4.55. The fourth-order valence-electron chi connectivity index (χ4n) is 2.09. The van der Waals surface area contributed by atoms with Crippen molar-refractivity contribution < 1.29 is 0 Å². The molecule has 1 aromatic heterocycles. The molecule has 0 radical (unpaired) electrons. The lowest BCUT2D eigenvalue weighted by molar-refractivity contribution is 0.290. The van der Waals surface area contributed by atoms with E-state index in [2.05, 4.69) is 27.0 Å². The van der Waals surface area contributed by atoms with Gasteiger partial charge in [-0.1, -0.05) is 6.92 Å². The lowest BCUT2D eigenvalue weighted by Gasteiger charge is -2.32. The van der Waals surface area contributed by atoms with E-state index in [-0.39, 0.29) is 0 Å². The second kappa shape index (κ2) is 3.05. The smallest absolute Gasteiger partial charge is 0.136 e. The molecule has 1 N–H and O–H groups in total. The van der Waals surface area contributed by atoms with Crippen molar-refractivity contribution >= 4 is 0 Å². The van der Waals surface area contributed by atoms with Crippen molar-refractivity contribution in [3.05, 3.63) is 12.2 Å². The number of hydrogen-bond acceptors (Lipinski definition) is 3. The van der Waals surface area contributed by atoms with Crippen LogP contribution in [0.2, 0.25) is 0 Å². The molecule has 1 atom stereocenters. The van der Waals surface area contributed by atoms with E-state index in [9.17, 15) is 0 Å². The van der Waals surface area contributed by atoms with Crippen molar-refractivity contribution in [3.63, 3.8) is 0 Å². The van der Waals surface area contributed by atoms with Gasteiger partial charge in [0.25, 0.3) is 0 Å². The lowest BCUT2D eigenvalue weighted by atomic mass is 9.88. The summed E-state index contributed by atoms with van der Waals surface area (Å²) in [4.78, 5) is 0. The highest BCUT2D eigenvalue weighted by atomic mass is 15.3. The van der Waals surface area contributed by atoms with Crippen LogP contribution in [0.5, 0.6) is 0 Å². The summed E-state index contributed by atoms with van der Waals surface area (Å²) in [5.74, 6) is 2.51. The summed E-state index contributed by atoms with van der Waals surface area (Å²) in [5.41, 5.74) is 0. The number of aromatic nitrogens is 3. The average molecular weight is 192 g/mol. The van der Waals surface area contributed by atoms with Gasteiger partial charge in [0.15, 0.2) is 0 Å². The van der Waals surface area contributed by atoms with E-state index < -0.39 is 0 Å². The molecule has 1 aromatic rings. The SMILES string of the molecule is CC(c1nncn1C1CC1)C1CNC1. The normalized spacial score (nSPS) is 24.6. The van der Waals surface area contributed by atoms with Crippen LogP contribution in [0.1, 0.15) is 37.5 Å². The third-order valence-electron chi connectivity index (χ3n) is 3.47. The Labute approximate surface area is 83.7 Å². The minimum absolute atomic E-state index is 0.555. The van der Waals surface area contributed by atoms with E-state index >= 15 is 0 Å². The zero-order valence-corrected chi connectivity index (χ0v) is 8.48. The Morgan fingerprint density at radius 3 is 2.86 bits per heavy atom. The molecule has 0 spiro atoms. The molecule has 1 saturated carbocycles. The molecule has 2 heterocycles. The summed E-state index contributed by atoms with van der Waals surface area (Å²) in [6.07, 6.45) is 4.51. The topological polar surface area (TPSA) is 42.7 Å². The second-order valence-corrected chi connectivity index (χ2v) is 4.53. The van der Waals surface area contributed by atoms with E-state index in [1.165, 1.54) is 18.7 Å². The molecule has 1 aliphatic heterocycles. The van der Waals surface area contributed by atoms with Crippen LogP contribution >= 0.6 is 0 Å². The van der Waals surface area contributed by atoms with Crippen LogP contribution in [0.25, 0.3) is 0 Å². The van der Waals surface area contributed by atoms with Crippen LogP contribution in [-0.2, 0) is 0 Å². The minimum Gasteiger partial charge on any atom is -0.316 e. The lowest BCUT2D eigenvalue weighted by Crippen LogP contribution is -2.45. The van der Waals surface area contributed by atoms with Crippen LogP contribution in [0.4, 0.5) is 0 Å². The van der Waals surface area contributed by atoms with E-state index in [0.717, 1.165) is 19.0 Å². The summed E-state index contributed by atoms with van der Waals surface area (Å²) in [7, 11) is 0. The molecule has 76 valence electrons. The van der Waals surface area contributed by atoms with Crippen LogP contribution in [-0.4, -0.2) is 27.9 Å². The monoisotopic (exact) mass is 192 g/mol. The standard InChI is InChI=1S/C10H16N4/c1-7(8-4-11-5-8)10-13-12-6-14(10)9-2-3-9/h6-9,11H,2-5H2,1H3. The van der Waals surface area contributed by atoms with Gasteiger partial charge in [0.1, 0.15) is 12.2 Å². The summed E-state index contributed by atoms with van der Waals surface area (Å²) < 4.78 is 2.28. The Morgan fingerprint density at radius 1 is 1.50 bits per heavy atom. The Balaban J connectivity index is 1.82. The number of hydrogen-bond donors (Lipinski definition) is 1. The zero-order valence-electron chi connectivity index (χ0n) is 8.48. The van der Waals surface area contributed by atoms with Gasteiger partial charge in [0.2, 0.25) is 0 Å². The molecule has 14 heavy (non-hydrogen) atoms. The number of nitrogens with zero attached hydrogens (tertiary/aromatic N) is 3. The van der Waals surface area contributed by atoms with Crippen LogP contribution in [0.15, 0.2) is 6.33 Å². The predicted molar refractivity (Wildman–Crippen MR) is 53.1 cm³/mol. The molecule has 2 fully saturated rings. The Kier molecular flexibility index (Phi) is 1.83. The third kappa shape index (κ3) is 1.25. The van der Waals surface area contributed by atoms with Gasteiger partial charge in [-0.2, -0.15) is 0 Å². The van der Waals surface area contributed by atoms with E-state index in [1.807, 2.05) is 6.33 Å². The molecule has 2 aliphatic rings. The summed E-state index contributed by atoms with van der Waals surface area (Å²) in [6, 6.07) is 0.704. The fraction of sp³-hybridized carbons (Fsp3) is 0.800. The van der Waals surface area contributed by atoms with Gasteiger partial charge in [-0.25, -0.2) is 0 Å². The molecule has 1 unspecified atom stereocenters. The van der Waals surface area contributed by atoms with Crippen molar-refractivity contribution in [1.29, 1.82) is 0 Å². The largest absolute Gasteiger partial charge is 0.316 e. The van der Waals surface area contributed by atoms with Gasteiger partial charge >= 0.3 is 0 Å². The molecule has 0 bridgehead atoms. The Hall–Kier alpha value is -0.900. The highest BCUT2D eigenvalue weighted by Crippen LogP contribution is 2.38. The van der Waals surface area contributed by atoms with Gasteiger partial charge < -0.3 is 9.88 Å². The number of nitrogens with one attached hydrogen (secondary N) is 1. The first-order valence-electron chi connectivity index (χ1n) is 5.46. The third-order valence-corrected chi connectivity index (χ3v) is 3.47. The Bertz CT molecular complexity index is 325. The van der Waals surface area contributed by atoms with Crippen molar-refractivity contribution in [2.24, 2.45) is 5.92 Å². The molecule has 0 amide bonds. The molecule has 0 aromatic carbocycles. The molecular formula is C10H16N4. The molecule has 1 saturated heterocycles. The highest BCUT2D eigenvalue weighted by Gasteiger charge is 2.32. The summed E-state index contributed by atoms with van der Waals surface area (Å²) >= 11 is 0. The molecule has 3 rings (SSSR count). The van der Waals surface area contributed by atoms with Crippen LogP contribution in [0, 0.1) is 5.92 Å². The first-order valence-corrected chi connectivity index (χ1v) is 5.46. The number of rotatable bonds is 3. The predicted octanol–water partition coefficient (Wildman–Crippen LogP) is 0.936. The molecule has 4 heteroatoms. The maximum Gasteiger partial charge on any atom is 0.136 e. The highest BCUT2D eigenvalue weighted by molar-refractivity contribution is 5.04. The average Bonchev–Trinajstić information content (AvgIpc) is 2.80. The molecule has 1 aliphatic carbocycles. The van der Waals surface area contributed by atoms with Crippen molar-refractivity contribution in [1.82, 2.24) is 20.1 Å². The van der Waals surface area contributed by atoms with Crippen LogP contribution in [0.3, 0.4) is 0 Å². The van der Waals surface area contributed by atoms with Gasteiger partial charge in [-0.15, -0.1) is 10.2 Å². The zero-order chi connectivity index (χ0) is 9.54. The molecule has 4 nitrogen and oxygen atoms in total. The fourth-order valence-corrected chi connectivity index (χ4v) is 2.09. The van der Waals surface area contributed by atoms with E-state index in [1.54, 1.807) is 0 Å². The Morgan fingerprint density at radius 2 is 2.29 bits per heavy atom. The van der Waals surface area contributed by atoms with Crippen molar-refractivity contribution in [2.45, 2.75) is 31.7 Å². The van der Waals surface area contributed by atoms with Crippen LogP contribution < -0.4 is 5.32 Å². The van der Waals surface area contributed by atoms with Gasteiger partial charge in [0.05, 0.1) is 0 Å².